The van der Waals surface area contributed by atoms with E-state index < -0.39 is 5.91 Å². The Balaban J connectivity index is 2.09. The van der Waals surface area contributed by atoms with Gasteiger partial charge in [0.2, 0.25) is 0 Å². The molecule has 2 aromatic carbocycles. The first-order valence-electron chi connectivity index (χ1n) is 6.35. The molecule has 0 aliphatic carbocycles. The Bertz CT molecular complexity index is 746. The van der Waals surface area contributed by atoms with Crippen molar-refractivity contribution in [3.8, 4) is 17.6 Å². The number of phenolic OH excluding ortho intramolecular Hbond substituents is 2. The third kappa shape index (κ3) is 3.77. The van der Waals surface area contributed by atoms with E-state index >= 15 is 0 Å². The van der Waals surface area contributed by atoms with Crippen LogP contribution in [0.4, 0.5) is 11.4 Å². The highest BCUT2D eigenvalue weighted by Crippen LogP contribution is 2.22. The molecule has 0 radical (unpaired) electrons. The Morgan fingerprint density at radius 2 is 1.77 bits per heavy atom. The first kappa shape index (κ1) is 14.9. The normalized spacial score (nSPS) is 10.6. The summed E-state index contributed by atoms with van der Waals surface area (Å²) >= 11 is 0. The largest absolute Gasteiger partial charge is 0.508 e. The summed E-state index contributed by atoms with van der Waals surface area (Å²) in [4.78, 5) is 12.0. The van der Waals surface area contributed by atoms with E-state index in [4.69, 9.17) is 5.26 Å². The zero-order valence-electron chi connectivity index (χ0n) is 11.4. The van der Waals surface area contributed by atoms with Crippen molar-refractivity contribution in [2.24, 2.45) is 0 Å². The molecule has 0 atom stereocenters. The fourth-order valence-corrected chi connectivity index (χ4v) is 1.63. The molecule has 0 saturated heterocycles. The summed E-state index contributed by atoms with van der Waals surface area (Å²) < 4.78 is 0. The van der Waals surface area contributed by atoms with Crippen molar-refractivity contribution >= 4 is 17.3 Å². The molecule has 6 nitrogen and oxygen atoms in total. The maximum Gasteiger partial charge on any atom is 0.267 e. The molecule has 2 aromatic rings. The van der Waals surface area contributed by atoms with Gasteiger partial charge in [0.25, 0.3) is 5.91 Å². The first-order valence-corrected chi connectivity index (χ1v) is 6.35. The number of nitrogens with zero attached hydrogens (tertiary/aromatic N) is 1. The Kier molecular flexibility index (Phi) is 4.63. The molecule has 4 N–H and O–H groups in total. The molecule has 0 spiro atoms. The number of nitrogens with one attached hydrogen (secondary N) is 2. The van der Waals surface area contributed by atoms with Crippen molar-refractivity contribution in [1.29, 1.82) is 5.26 Å². The van der Waals surface area contributed by atoms with Crippen LogP contribution in [0, 0.1) is 11.3 Å². The van der Waals surface area contributed by atoms with Crippen LogP contribution in [0.3, 0.4) is 0 Å². The Labute approximate surface area is 127 Å². The number of aromatic hydroxyl groups is 2. The van der Waals surface area contributed by atoms with Gasteiger partial charge in [-0.2, -0.15) is 5.26 Å². The van der Waals surface area contributed by atoms with E-state index in [1.807, 2.05) is 0 Å². The monoisotopic (exact) mass is 295 g/mol. The van der Waals surface area contributed by atoms with Crippen molar-refractivity contribution in [3.63, 3.8) is 0 Å². The summed E-state index contributed by atoms with van der Waals surface area (Å²) in [5.41, 5.74) is 0.676. The third-order valence-electron chi connectivity index (χ3n) is 2.77. The maximum absolute atomic E-state index is 12.0. The molecule has 0 aliphatic rings. The van der Waals surface area contributed by atoms with Crippen molar-refractivity contribution in [2.45, 2.75) is 0 Å². The third-order valence-corrected chi connectivity index (χ3v) is 2.77. The maximum atomic E-state index is 12.0. The highest BCUT2D eigenvalue weighted by Gasteiger charge is 2.11. The van der Waals surface area contributed by atoms with Gasteiger partial charge in [-0.15, -0.1) is 0 Å². The Hall–Kier alpha value is -3.46. The number of carbonyl (C=O) groups excluding carboxylic acids is 1. The summed E-state index contributed by atoms with van der Waals surface area (Å²) in [7, 11) is 0. The minimum atomic E-state index is -0.643. The SMILES string of the molecule is N#C/C(=C/Nc1ccc(O)cc1)C(=O)Nc1ccccc1O. The highest BCUT2D eigenvalue weighted by atomic mass is 16.3. The van der Waals surface area contributed by atoms with E-state index in [-0.39, 0.29) is 22.8 Å². The smallest absolute Gasteiger partial charge is 0.267 e. The first-order chi connectivity index (χ1) is 10.6. The number of benzene rings is 2. The van der Waals surface area contributed by atoms with E-state index in [9.17, 15) is 15.0 Å². The van der Waals surface area contributed by atoms with E-state index in [2.05, 4.69) is 10.6 Å². The van der Waals surface area contributed by atoms with E-state index in [1.165, 1.54) is 30.5 Å². The van der Waals surface area contributed by atoms with Gasteiger partial charge in [0.1, 0.15) is 23.1 Å². The van der Waals surface area contributed by atoms with Crippen molar-refractivity contribution in [1.82, 2.24) is 0 Å². The van der Waals surface area contributed by atoms with Gasteiger partial charge >= 0.3 is 0 Å². The lowest BCUT2D eigenvalue weighted by Crippen LogP contribution is -2.14. The standard InChI is InChI=1S/C16H13N3O3/c17-9-11(10-18-12-5-7-13(20)8-6-12)16(22)19-14-3-1-2-4-15(14)21/h1-8,10,18,20-21H,(H,19,22)/b11-10-. The number of nitriles is 1. The highest BCUT2D eigenvalue weighted by molar-refractivity contribution is 6.07. The van der Waals surface area contributed by atoms with Gasteiger partial charge in [-0.3, -0.25) is 4.79 Å². The minimum absolute atomic E-state index is 0.0837. The lowest BCUT2D eigenvalue weighted by Gasteiger charge is -2.06. The molecule has 1 amide bonds. The molecule has 0 fully saturated rings. The molecule has 0 unspecified atom stereocenters. The lowest BCUT2D eigenvalue weighted by atomic mass is 10.2. The minimum Gasteiger partial charge on any atom is -0.508 e. The second-order valence-corrected chi connectivity index (χ2v) is 4.33. The Morgan fingerprint density at radius 1 is 1.09 bits per heavy atom. The van der Waals surface area contributed by atoms with Crippen LogP contribution in [0.25, 0.3) is 0 Å². The van der Waals surface area contributed by atoms with Gasteiger partial charge in [0, 0.05) is 11.9 Å². The number of carbonyl (C=O) groups is 1. The molecule has 2 rings (SSSR count). The van der Waals surface area contributed by atoms with Crippen LogP contribution in [0.15, 0.2) is 60.3 Å². The van der Waals surface area contributed by atoms with Crippen LogP contribution in [0.1, 0.15) is 0 Å². The molecular formula is C16H13N3O3. The fourth-order valence-electron chi connectivity index (χ4n) is 1.63. The summed E-state index contributed by atoms with van der Waals surface area (Å²) in [5.74, 6) is -0.609. The Morgan fingerprint density at radius 3 is 2.41 bits per heavy atom. The van der Waals surface area contributed by atoms with E-state index in [0.717, 1.165) is 0 Å². The zero-order valence-corrected chi connectivity index (χ0v) is 11.4. The summed E-state index contributed by atoms with van der Waals surface area (Å²) in [5, 5.41) is 33.0. The molecule has 0 saturated carbocycles. The van der Waals surface area contributed by atoms with Crippen LogP contribution in [0.5, 0.6) is 11.5 Å². The number of amides is 1. The van der Waals surface area contributed by atoms with Crippen LogP contribution < -0.4 is 10.6 Å². The van der Waals surface area contributed by atoms with Crippen molar-refractivity contribution in [3.05, 3.63) is 60.3 Å². The van der Waals surface area contributed by atoms with E-state index in [0.29, 0.717) is 5.69 Å². The molecule has 6 heteroatoms. The van der Waals surface area contributed by atoms with Crippen LogP contribution in [-0.2, 0) is 4.79 Å². The van der Waals surface area contributed by atoms with Gasteiger partial charge in [0.05, 0.1) is 5.69 Å². The van der Waals surface area contributed by atoms with Gasteiger partial charge < -0.3 is 20.8 Å². The average molecular weight is 295 g/mol. The van der Waals surface area contributed by atoms with Crippen LogP contribution >= 0.6 is 0 Å². The zero-order chi connectivity index (χ0) is 15.9. The molecule has 0 aromatic heterocycles. The predicted octanol–water partition coefficient (Wildman–Crippen LogP) is 2.56. The summed E-state index contributed by atoms with van der Waals surface area (Å²) in [6.07, 6.45) is 1.25. The predicted molar refractivity (Wildman–Crippen MR) is 82.2 cm³/mol. The van der Waals surface area contributed by atoms with Gasteiger partial charge in [-0.1, -0.05) is 12.1 Å². The number of rotatable bonds is 4. The summed E-state index contributed by atoms with van der Waals surface area (Å²) in [6, 6.07) is 14.2. The second kappa shape index (κ2) is 6.81. The second-order valence-electron chi connectivity index (χ2n) is 4.33. The van der Waals surface area contributed by atoms with Crippen molar-refractivity contribution in [2.75, 3.05) is 10.6 Å². The quantitative estimate of drug-likeness (QED) is 0.300. The number of phenols is 2. The molecule has 110 valence electrons. The van der Waals surface area contributed by atoms with Crippen LogP contribution in [0.2, 0.25) is 0 Å². The lowest BCUT2D eigenvalue weighted by molar-refractivity contribution is -0.112. The fraction of sp³-hybridized carbons (Fsp3) is 0. The number of para-hydroxylation sites is 2. The molecule has 22 heavy (non-hydrogen) atoms. The van der Waals surface area contributed by atoms with Crippen LogP contribution in [-0.4, -0.2) is 16.1 Å². The molecular weight excluding hydrogens is 282 g/mol. The number of anilines is 2. The average Bonchev–Trinajstić information content (AvgIpc) is 2.52. The number of hydrogen-bond acceptors (Lipinski definition) is 5. The molecule has 0 bridgehead atoms. The topological polar surface area (TPSA) is 105 Å². The molecule has 0 aliphatic heterocycles. The summed E-state index contributed by atoms with van der Waals surface area (Å²) in [6.45, 7) is 0. The van der Waals surface area contributed by atoms with E-state index in [1.54, 1.807) is 30.3 Å². The van der Waals surface area contributed by atoms with Crippen molar-refractivity contribution < 1.29 is 15.0 Å². The number of hydrogen-bond donors (Lipinski definition) is 4. The van der Waals surface area contributed by atoms with Gasteiger partial charge in [-0.05, 0) is 36.4 Å². The van der Waals surface area contributed by atoms with Gasteiger partial charge in [0.15, 0.2) is 0 Å². The van der Waals surface area contributed by atoms with Gasteiger partial charge in [-0.25, -0.2) is 0 Å². The molecule has 0 heterocycles.